The molecule has 2 aliphatic carbocycles. The summed E-state index contributed by atoms with van der Waals surface area (Å²) in [7, 11) is 1.12. The van der Waals surface area contributed by atoms with E-state index in [1.807, 2.05) is 12.1 Å². The highest BCUT2D eigenvalue weighted by Crippen LogP contribution is 2.48. The molecule has 0 bridgehead atoms. The third-order valence-electron chi connectivity index (χ3n) is 8.70. The van der Waals surface area contributed by atoms with Gasteiger partial charge in [0.15, 0.2) is 6.61 Å². The summed E-state index contributed by atoms with van der Waals surface area (Å²) in [5, 5.41) is 14.2. The van der Waals surface area contributed by atoms with E-state index in [1.165, 1.54) is 24.3 Å². The van der Waals surface area contributed by atoms with Crippen molar-refractivity contribution in [1.82, 2.24) is 30.9 Å². The molecule has 0 spiro atoms. The normalized spacial score (nSPS) is 18.3. The summed E-state index contributed by atoms with van der Waals surface area (Å²) in [5.41, 5.74) is 0.806. The smallest absolute Gasteiger partial charge is 0.422 e. The molecule has 1 atom stereocenters. The molecule has 2 aromatic carbocycles. The van der Waals surface area contributed by atoms with Gasteiger partial charge in [0.2, 0.25) is 11.9 Å². The molecule has 2 aliphatic rings. The highest BCUT2D eigenvalue weighted by Gasteiger charge is 2.45. The van der Waals surface area contributed by atoms with Crippen LogP contribution in [0.15, 0.2) is 48.5 Å². The Bertz CT molecular complexity index is 1750. The molecule has 0 aliphatic heterocycles. The van der Waals surface area contributed by atoms with Crippen LogP contribution in [0.1, 0.15) is 61.4 Å². The van der Waals surface area contributed by atoms with E-state index in [4.69, 9.17) is 21.1 Å². The summed E-state index contributed by atoms with van der Waals surface area (Å²) in [5.74, 6) is -2.91. The number of carbonyl (C=O) groups is 4. The number of hydrogen-bond donors (Lipinski definition) is 5. The number of alkyl halides is 3. The maximum absolute atomic E-state index is 13.0. The number of ether oxygens (including phenoxy) is 2. The summed E-state index contributed by atoms with van der Waals surface area (Å²) in [6.07, 6.45) is 0.227. The molecule has 5 rings (SSSR count). The number of nitrogens with zero attached hydrogens (tertiary/aromatic N) is 3. The Morgan fingerprint density at radius 2 is 1.58 bits per heavy atom. The number of hydrogen-bond acceptors (Lipinski definition) is 11. The third kappa shape index (κ3) is 10.7. The van der Waals surface area contributed by atoms with Gasteiger partial charge >= 0.3 is 30.0 Å². The summed E-state index contributed by atoms with van der Waals surface area (Å²) in [6, 6.07) is 10.9. The number of anilines is 3. The minimum Gasteiger partial charge on any atom is -0.467 e. The van der Waals surface area contributed by atoms with E-state index in [0.29, 0.717) is 29.5 Å². The number of amides is 3. The van der Waals surface area contributed by atoms with Gasteiger partial charge in [0.1, 0.15) is 6.04 Å². The fourth-order valence-electron chi connectivity index (χ4n) is 5.61. The lowest BCUT2D eigenvalue weighted by molar-refractivity contribution is -0.154. The molecule has 2 saturated carbocycles. The van der Waals surface area contributed by atoms with Crippen LogP contribution in [0.5, 0.6) is 6.01 Å². The molecular formula is C34H38ClF3N8O6. The van der Waals surface area contributed by atoms with Gasteiger partial charge in [0, 0.05) is 28.9 Å². The number of halogens is 4. The Hall–Kier alpha value is -5.19. The number of rotatable bonds is 13. The first-order valence-corrected chi connectivity index (χ1v) is 16.9. The number of nitrogens with one attached hydrogen (secondary N) is 5. The lowest BCUT2D eigenvalue weighted by Gasteiger charge is -2.26. The Labute approximate surface area is 302 Å². The maximum atomic E-state index is 13.0. The lowest BCUT2D eigenvalue weighted by Crippen LogP contribution is -2.52. The molecule has 5 N–H and O–H groups in total. The van der Waals surface area contributed by atoms with Crippen LogP contribution in [0.3, 0.4) is 0 Å². The van der Waals surface area contributed by atoms with Crippen LogP contribution in [0.2, 0.25) is 5.02 Å². The van der Waals surface area contributed by atoms with E-state index in [9.17, 15) is 32.3 Å². The first-order chi connectivity index (χ1) is 24.7. The zero-order valence-corrected chi connectivity index (χ0v) is 29.1. The summed E-state index contributed by atoms with van der Waals surface area (Å²) < 4.78 is 48.4. The van der Waals surface area contributed by atoms with Crippen molar-refractivity contribution < 1.29 is 41.8 Å². The topological polar surface area (TPSA) is 186 Å². The van der Waals surface area contributed by atoms with Crippen molar-refractivity contribution in [1.29, 1.82) is 0 Å². The molecule has 0 radical (unpaired) electrons. The van der Waals surface area contributed by atoms with Gasteiger partial charge in [-0.1, -0.05) is 30.7 Å². The zero-order valence-electron chi connectivity index (χ0n) is 28.3. The predicted molar refractivity (Wildman–Crippen MR) is 183 cm³/mol. The van der Waals surface area contributed by atoms with Gasteiger partial charge in [-0.3, -0.25) is 14.4 Å². The third-order valence-corrected chi connectivity index (χ3v) is 8.95. The van der Waals surface area contributed by atoms with Crippen molar-refractivity contribution >= 4 is 52.9 Å². The molecular weight excluding hydrogens is 709 g/mol. The molecule has 0 saturated heterocycles. The molecule has 1 heterocycles. The number of carbonyl (C=O) groups excluding carboxylic acids is 4. The van der Waals surface area contributed by atoms with E-state index in [0.717, 1.165) is 38.4 Å². The molecule has 3 aromatic rings. The van der Waals surface area contributed by atoms with Crippen LogP contribution in [-0.4, -0.2) is 77.2 Å². The monoisotopic (exact) mass is 746 g/mol. The van der Waals surface area contributed by atoms with Gasteiger partial charge in [-0.2, -0.15) is 28.1 Å². The Kier molecular flexibility index (Phi) is 12.0. The minimum atomic E-state index is -4.63. The van der Waals surface area contributed by atoms with Crippen LogP contribution in [0.25, 0.3) is 0 Å². The van der Waals surface area contributed by atoms with Crippen molar-refractivity contribution in [3.8, 4) is 6.01 Å². The molecule has 18 heteroatoms. The van der Waals surface area contributed by atoms with E-state index >= 15 is 0 Å². The van der Waals surface area contributed by atoms with E-state index in [2.05, 4.69) is 48.5 Å². The first-order valence-electron chi connectivity index (χ1n) is 16.6. The van der Waals surface area contributed by atoms with Crippen LogP contribution >= 0.6 is 11.6 Å². The second-order valence-electron chi connectivity index (χ2n) is 12.8. The summed E-state index contributed by atoms with van der Waals surface area (Å²) in [6.45, 7) is 0.111. The number of esters is 1. The van der Waals surface area contributed by atoms with Crippen molar-refractivity contribution in [2.24, 2.45) is 5.92 Å². The van der Waals surface area contributed by atoms with Gasteiger partial charge in [0.25, 0.3) is 5.91 Å². The average Bonchev–Trinajstić information content (AvgIpc) is 3.90. The highest BCUT2D eigenvalue weighted by molar-refractivity contribution is 6.35. The highest BCUT2D eigenvalue weighted by atomic mass is 35.5. The van der Waals surface area contributed by atoms with Crippen molar-refractivity contribution in [2.45, 2.75) is 69.2 Å². The van der Waals surface area contributed by atoms with Gasteiger partial charge in [-0.05, 0) is 86.4 Å². The molecule has 278 valence electrons. The molecule has 14 nitrogen and oxygen atoms in total. The fourth-order valence-corrected chi connectivity index (χ4v) is 5.74. The largest absolute Gasteiger partial charge is 0.467 e. The van der Waals surface area contributed by atoms with E-state index < -0.39 is 60.6 Å². The van der Waals surface area contributed by atoms with Crippen molar-refractivity contribution in [2.75, 3.05) is 30.9 Å². The van der Waals surface area contributed by atoms with E-state index in [1.54, 1.807) is 12.1 Å². The quantitative estimate of drug-likeness (QED) is 0.123. The molecule has 2 fully saturated rings. The standard InChI is InChI=1S/C34H38ClF3N8O6/c1-19-3-11-23(12-4-19)40-28(49)27(48)39-17-25(29(50)51-2)42-26(47)20-5-13-24(14-6-20)41-30-43-31(45-32(44-30)52-18-34(36,37)38)46-33(15-16-33)21-7-9-22(35)10-8-21/h5-10,13-14,19,23,25H,3-4,11-12,15-18H2,1-2H3,(H,39,48)(H,40,49)(H,42,47)(H2,41,43,44,45,46)/t19?,23?,25-/m0/s1. The fraction of sp³-hybridized carbons (Fsp3) is 0.441. The number of benzene rings is 2. The molecule has 0 unspecified atom stereocenters. The average molecular weight is 747 g/mol. The summed E-state index contributed by atoms with van der Waals surface area (Å²) >= 11 is 6.02. The van der Waals surface area contributed by atoms with Crippen LogP contribution < -0.4 is 31.3 Å². The Morgan fingerprint density at radius 3 is 2.19 bits per heavy atom. The molecule has 52 heavy (non-hydrogen) atoms. The van der Waals surface area contributed by atoms with Gasteiger partial charge in [-0.25, -0.2) is 4.79 Å². The first kappa shape index (κ1) is 38.1. The SMILES string of the molecule is COC(=O)[C@H](CNC(=O)C(=O)NC1CCC(C)CC1)NC(=O)c1ccc(Nc2nc(NC3(c4ccc(Cl)cc4)CC3)nc(OCC(F)(F)F)n2)cc1. The second kappa shape index (κ2) is 16.4. The minimum absolute atomic E-state index is 0.0276. The van der Waals surface area contributed by atoms with Gasteiger partial charge in [-0.15, -0.1) is 0 Å². The number of aromatic nitrogens is 3. The Balaban J connectivity index is 1.22. The molecule has 1 aromatic heterocycles. The summed E-state index contributed by atoms with van der Waals surface area (Å²) in [4.78, 5) is 62.6. The van der Waals surface area contributed by atoms with Crippen LogP contribution in [0.4, 0.5) is 30.8 Å². The molecule has 3 amide bonds. The van der Waals surface area contributed by atoms with E-state index in [-0.39, 0.29) is 23.5 Å². The van der Waals surface area contributed by atoms with Gasteiger partial charge < -0.3 is 36.1 Å². The van der Waals surface area contributed by atoms with Crippen molar-refractivity contribution in [3.63, 3.8) is 0 Å². The maximum Gasteiger partial charge on any atom is 0.422 e. The van der Waals surface area contributed by atoms with Gasteiger partial charge in [0.05, 0.1) is 12.6 Å². The predicted octanol–water partition coefficient (Wildman–Crippen LogP) is 4.39. The number of methoxy groups -OCH3 is 1. The zero-order chi connectivity index (χ0) is 37.5. The lowest BCUT2D eigenvalue weighted by atomic mass is 9.87. The second-order valence-corrected chi connectivity index (χ2v) is 13.2. The Morgan fingerprint density at radius 1 is 0.923 bits per heavy atom. The van der Waals surface area contributed by atoms with Crippen LogP contribution in [-0.2, 0) is 24.7 Å². The van der Waals surface area contributed by atoms with Crippen molar-refractivity contribution in [3.05, 3.63) is 64.7 Å². The van der Waals surface area contributed by atoms with Crippen LogP contribution in [0, 0.1) is 5.92 Å².